The van der Waals surface area contributed by atoms with E-state index in [0.29, 0.717) is 0 Å². The van der Waals surface area contributed by atoms with Gasteiger partial charge >= 0.3 is 0 Å². The van der Waals surface area contributed by atoms with Gasteiger partial charge in [-0.2, -0.15) is 0 Å². The Hall–Kier alpha value is -0.570. The molecule has 3 nitrogen and oxygen atoms in total. The van der Waals surface area contributed by atoms with Gasteiger partial charge in [0.05, 0.1) is 6.04 Å². The molecule has 1 fully saturated rings. The lowest BCUT2D eigenvalue weighted by Crippen LogP contribution is -2.51. The molecule has 2 N–H and O–H groups in total. The number of carbonyl (C=O) groups is 1. The second kappa shape index (κ2) is 5.50. The molecule has 0 spiro atoms. The van der Waals surface area contributed by atoms with Crippen LogP contribution in [0.3, 0.4) is 0 Å². The van der Waals surface area contributed by atoms with E-state index in [0.717, 1.165) is 13.0 Å². The van der Waals surface area contributed by atoms with Crippen molar-refractivity contribution in [1.82, 2.24) is 10.6 Å². The predicted octanol–water partition coefficient (Wildman–Crippen LogP) is 1.82. The van der Waals surface area contributed by atoms with Crippen molar-refractivity contribution in [2.75, 3.05) is 6.54 Å². The number of carbonyl (C=O) groups excluding carboxylic acids is 1. The van der Waals surface area contributed by atoms with Crippen molar-refractivity contribution in [1.29, 1.82) is 0 Å². The monoisotopic (exact) mass is 212 g/mol. The zero-order valence-corrected chi connectivity index (χ0v) is 10.2. The van der Waals surface area contributed by atoms with Crippen LogP contribution in [0.1, 0.15) is 52.9 Å². The van der Waals surface area contributed by atoms with Gasteiger partial charge in [0.25, 0.3) is 0 Å². The normalized spacial score (nSPS) is 21.3. The van der Waals surface area contributed by atoms with E-state index in [1.807, 2.05) is 6.92 Å². The first-order chi connectivity index (χ1) is 7.07. The fraction of sp³-hybridized carbons (Fsp3) is 0.917. The Bertz CT molecular complexity index is 210. The molecule has 3 heteroatoms. The van der Waals surface area contributed by atoms with Crippen LogP contribution in [0, 0.1) is 0 Å². The van der Waals surface area contributed by atoms with Gasteiger partial charge in [0.15, 0.2) is 0 Å². The number of amides is 1. The van der Waals surface area contributed by atoms with E-state index < -0.39 is 0 Å². The highest BCUT2D eigenvalue weighted by atomic mass is 16.2. The summed E-state index contributed by atoms with van der Waals surface area (Å²) in [5.74, 6) is 0.130. The first-order valence-electron chi connectivity index (χ1n) is 6.13. The Morgan fingerprint density at radius 3 is 2.53 bits per heavy atom. The number of nitrogens with one attached hydrogen (secondary N) is 2. The largest absolute Gasteiger partial charge is 0.355 e. The minimum atomic E-state index is -0.0698. The average molecular weight is 212 g/mol. The summed E-state index contributed by atoms with van der Waals surface area (Å²) in [7, 11) is 0. The lowest BCUT2D eigenvalue weighted by Gasteiger charge is -2.29. The van der Waals surface area contributed by atoms with Crippen molar-refractivity contribution in [2.24, 2.45) is 0 Å². The van der Waals surface area contributed by atoms with Gasteiger partial charge in [0.2, 0.25) is 5.91 Å². The standard InChI is InChI=1S/C12H24N2O/c1-4-9-13-11(15)10(2)14-12(3)7-5-6-8-12/h10,14H,4-9H2,1-3H3,(H,13,15). The van der Waals surface area contributed by atoms with Crippen LogP contribution in [0.2, 0.25) is 0 Å². The Labute approximate surface area is 93.0 Å². The van der Waals surface area contributed by atoms with E-state index in [-0.39, 0.29) is 17.5 Å². The number of hydrogen-bond donors (Lipinski definition) is 2. The van der Waals surface area contributed by atoms with Gasteiger partial charge in [-0.25, -0.2) is 0 Å². The van der Waals surface area contributed by atoms with Gasteiger partial charge in [0, 0.05) is 12.1 Å². The molecule has 0 radical (unpaired) electrons. The zero-order chi connectivity index (χ0) is 11.3. The Morgan fingerprint density at radius 2 is 2.00 bits per heavy atom. The third kappa shape index (κ3) is 3.82. The van der Waals surface area contributed by atoms with Gasteiger partial charge in [-0.15, -0.1) is 0 Å². The summed E-state index contributed by atoms with van der Waals surface area (Å²) in [4.78, 5) is 11.7. The molecule has 1 aliphatic carbocycles. The average Bonchev–Trinajstić information content (AvgIpc) is 2.61. The van der Waals surface area contributed by atoms with Crippen molar-refractivity contribution >= 4 is 5.91 Å². The molecular weight excluding hydrogens is 188 g/mol. The molecule has 0 heterocycles. The lowest BCUT2D eigenvalue weighted by atomic mass is 9.99. The van der Waals surface area contributed by atoms with Crippen molar-refractivity contribution in [3.63, 3.8) is 0 Å². The molecule has 0 saturated heterocycles. The zero-order valence-electron chi connectivity index (χ0n) is 10.2. The highest BCUT2D eigenvalue weighted by Gasteiger charge is 2.31. The summed E-state index contributed by atoms with van der Waals surface area (Å²) in [6, 6.07) is -0.0698. The summed E-state index contributed by atoms with van der Waals surface area (Å²) in [6.07, 6.45) is 5.95. The molecular formula is C12H24N2O. The predicted molar refractivity (Wildman–Crippen MR) is 62.8 cm³/mol. The van der Waals surface area contributed by atoms with E-state index in [4.69, 9.17) is 0 Å². The molecule has 0 aliphatic heterocycles. The van der Waals surface area contributed by atoms with Crippen LogP contribution < -0.4 is 10.6 Å². The molecule has 1 atom stereocenters. The molecule has 1 aliphatic rings. The molecule has 1 rings (SSSR count). The van der Waals surface area contributed by atoms with Gasteiger partial charge in [0.1, 0.15) is 0 Å². The molecule has 88 valence electrons. The van der Waals surface area contributed by atoms with Crippen LogP contribution in [0.15, 0.2) is 0 Å². The van der Waals surface area contributed by atoms with E-state index in [2.05, 4.69) is 24.5 Å². The third-order valence-electron chi connectivity index (χ3n) is 3.21. The summed E-state index contributed by atoms with van der Waals surface area (Å²) in [5, 5.41) is 6.37. The molecule has 1 saturated carbocycles. The van der Waals surface area contributed by atoms with Crippen LogP contribution >= 0.6 is 0 Å². The second-order valence-corrected chi connectivity index (χ2v) is 4.92. The summed E-state index contributed by atoms with van der Waals surface area (Å²) in [5.41, 5.74) is 0.184. The van der Waals surface area contributed by atoms with Crippen LogP contribution in [-0.2, 0) is 4.79 Å². The minimum Gasteiger partial charge on any atom is -0.355 e. The first kappa shape index (κ1) is 12.5. The Kier molecular flexibility index (Phi) is 4.58. The van der Waals surface area contributed by atoms with E-state index in [9.17, 15) is 4.79 Å². The summed E-state index contributed by atoms with van der Waals surface area (Å²) < 4.78 is 0. The van der Waals surface area contributed by atoms with Gasteiger partial charge < -0.3 is 10.6 Å². The van der Waals surface area contributed by atoms with Crippen LogP contribution in [-0.4, -0.2) is 24.0 Å². The molecule has 1 amide bonds. The molecule has 0 aromatic rings. The number of rotatable bonds is 5. The maximum Gasteiger partial charge on any atom is 0.236 e. The quantitative estimate of drug-likeness (QED) is 0.730. The topological polar surface area (TPSA) is 41.1 Å². The smallest absolute Gasteiger partial charge is 0.236 e. The molecule has 1 unspecified atom stereocenters. The van der Waals surface area contributed by atoms with Crippen LogP contribution in [0.25, 0.3) is 0 Å². The molecule has 15 heavy (non-hydrogen) atoms. The molecule has 0 aromatic heterocycles. The lowest BCUT2D eigenvalue weighted by molar-refractivity contribution is -0.123. The van der Waals surface area contributed by atoms with Crippen LogP contribution in [0.4, 0.5) is 0 Å². The Morgan fingerprint density at radius 1 is 1.40 bits per heavy atom. The highest BCUT2D eigenvalue weighted by Crippen LogP contribution is 2.29. The van der Waals surface area contributed by atoms with E-state index in [1.54, 1.807) is 0 Å². The summed E-state index contributed by atoms with van der Waals surface area (Å²) >= 11 is 0. The maximum absolute atomic E-state index is 11.7. The fourth-order valence-electron chi connectivity index (χ4n) is 2.29. The highest BCUT2D eigenvalue weighted by molar-refractivity contribution is 5.81. The fourth-order valence-corrected chi connectivity index (χ4v) is 2.29. The minimum absolute atomic E-state index is 0.0698. The van der Waals surface area contributed by atoms with Gasteiger partial charge in [-0.1, -0.05) is 19.8 Å². The first-order valence-corrected chi connectivity index (χ1v) is 6.13. The summed E-state index contributed by atoms with van der Waals surface area (Å²) in [6.45, 7) is 7.02. The van der Waals surface area contributed by atoms with E-state index >= 15 is 0 Å². The molecule has 0 aromatic carbocycles. The van der Waals surface area contributed by atoms with Crippen molar-refractivity contribution < 1.29 is 4.79 Å². The van der Waals surface area contributed by atoms with Crippen molar-refractivity contribution in [2.45, 2.75) is 64.5 Å². The van der Waals surface area contributed by atoms with Gasteiger partial charge in [-0.3, -0.25) is 4.79 Å². The maximum atomic E-state index is 11.7. The third-order valence-corrected chi connectivity index (χ3v) is 3.21. The van der Waals surface area contributed by atoms with Gasteiger partial charge in [-0.05, 0) is 33.1 Å². The molecule has 0 bridgehead atoms. The Balaban J connectivity index is 2.33. The second-order valence-electron chi connectivity index (χ2n) is 4.92. The SMILES string of the molecule is CCCNC(=O)C(C)NC1(C)CCCC1. The van der Waals surface area contributed by atoms with Crippen molar-refractivity contribution in [3.8, 4) is 0 Å². The van der Waals surface area contributed by atoms with E-state index in [1.165, 1.54) is 25.7 Å². The van der Waals surface area contributed by atoms with Crippen molar-refractivity contribution in [3.05, 3.63) is 0 Å². The van der Waals surface area contributed by atoms with Crippen LogP contribution in [0.5, 0.6) is 0 Å². The number of hydrogen-bond acceptors (Lipinski definition) is 2.